The summed E-state index contributed by atoms with van der Waals surface area (Å²) in [5.74, 6) is 0.359. The summed E-state index contributed by atoms with van der Waals surface area (Å²) in [7, 11) is 0. The topological polar surface area (TPSA) is 50.3 Å². The van der Waals surface area contributed by atoms with Crippen molar-refractivity contribution in [2.75, 3.05) is 31.1 Å². The van der Waals surface area contributed by atoms with E-state index < -0.39 is 5.82 Å². The summed E-state index contributed by atoms with van der Waals surface area (Å²) >= 11 is 6.44. The first-order chi connectivity index (χ1) is 16.9. The van der Waals surface area contributed by atoms with E-state index in [0.29, 0.717) is 47.4 Å². The maximum Gasteiger partial charge on any atom is 0.178 e. The van der Waals surface area contributed by atoms with Gasteiger partial charge in [0, 0.05) is 24.2 Å². The Hall–Kier alpha value is -2.77. The fraction of sp³-hybridized carbons (Fsp3) is 0.407. The lowest BCUT2D eigenvalue weighted by Crippen LogP contribution is -2.38. The molecule has 184 valence electrons. The van der Waals surface area contributed by atoms with Crippen molar-refractivity contribution in [2.24, 2.45) is 0 Å². The average molecular weight is 499 g/mol. The van der Waals surface area contributed by atoms with Gasteiger partial charge in [0.15, 0.2) is 11.6 Å². The van der Waals surface area contributed by atoms with Crippen LogP contribution in [0.5, 0.6) is 5.75 Å². The van der Waals surface area contributed by atoms with Crippen LogP contribution in [0.15, 0.2) is 36.5 Å². The van der Waals surface area contributed by atoms with Gasteiger partial charge in [-0.15, -0.1) is 0 Å². The molecule has 0 radical (unpaired) electrons. The summed E-state index contributed by atoms with van der Waals surface area (Å²) in [6.07, 6.45) is 3.75. The number of nitrogens with zero attached hydrogens (tertiary/aromatic N) is 3. The normalized spacial score (nSPS) is 16.3. The number of ether oxygens (including phenoxy) is 1. The molecule has 0 amide bonds. The van der Waals surface area contributed by atoms with E-state index in [1.807, 2.05) is 18.2 Å². The number of halogens is 3. The van der Waals surface area contributed by atoms with Gasteiger partial charge in [0.25, 0.3) is 0 Å². The lowest BCUT2D eigenvalue weighted by atomic mass is 9.89. The van der Waals surface area contributed by atoms with E-state index in [1.54, 1.807) is 6.07 Å². The third kappa shape index (κ3) is 4.98. The molecule has 5 nitrogen and oxygen atoms in total. The van der Waals surface area contributed by atoms with E-state index in [1.165, 1.54) is 12.3 Å². The van der Waals surface area contributed by atoms with Gasteiger partial charge in [-0.25, -0.2) is 18.7 Å². The minimum atomic E-state index is -0.449. The van der Waals surface area contributed by atoms with Crippen LogP contribution in [-0.4, -0.2) is 42.3 Å². The quantitative estimate of drug-likeness (QED) is 0.486. The highest BCUT2D eigenvalue weighted by Gasteiger charge is 2.25. The van der Waals surface area contributed by atoms with Crippen LogP contribution in [0.4, 0.5) is 14.5 Å². The number of hydrogen-bond acceptors (Lipinski definition) is 5. The standard InChI is InChI=1S/C27H29ClF2N4O/c1-16(2)34-9-10-35-27-23(30)13-19(14-24(27)34)26-21(28)15-32-25(33-26)12-17-3-4-20(22(29)11-17)18-5-7-31-8-6-18/h3-4,11,13-16,18,31H,5-10,12H2,1-2H3. The van der Waals surface area contributed by atoms with Crippen molar-refractivity contribution >= 4 is 17.3 Å². The zero-order chi connectivity index (χ0) is 24.5. The average Bonchev–Trinajstić information content (AvgIpc) is 2.85. The van der Waals surface area contributed by atoms with Crippen molar-refractivity contribution in [1.82, 2.24) is 15.3 Å². The first-order valence-electron chi connectivity index (χ1n) is 12.1. The molecule has 1 saturated heterocycles. The first kappa shape index (κ1) is 23.9. The second-order valence-electron chi connectivity index (χ2n) is 9.48. The van der Waals surface area contributed by atoms with Crippen LogP contribution in [-0.2, 0) is 6.42 Å². The molecule has 3 aromatic rings. The Morgan fingerprint density at radius 3 is 2.69 bits per heavy atom. The molecule has 0 aliphatic carbocycles. The van der Waals surface area contributed by atoms with E-state index in [2.05, 4.69) is 34.0 Å². The van der Waals surface area contributed by atoms with Crippen molar-refractivity contribution in [3.05, 3.63) is 70.1 Å². The molecule has 3 heterocycles. The molecule has 2 aliphatic rings. The predicted molar refractivity (Wildman–Crippen MR) is 134 cm³/mol. The smallest absolute Gasteiger partial charge is 0.178 e. The number of benzene rings is 2. The minimum Gasteiger partial charge on any atom is -0.486 e. The number of fused-ring (bicyclic) bond motifs is 1. The second kappa shape index (κ2) is 10.1. The van der Waals surface area contributed by atoms with Crippen LogP contribution < -0.4 is 15.0 Å². The third-order valence-corrected chi connectivity index (χ3v) is 7.09. The second-order valence-corrected chi connectivity index (χ2v) is 9.89. The van der Waals surface area contributed by atoms with Gasteiger partial charge in [-0.2, -0.15) is 0 Å². The van der Waals surface area contributed by atoms with E-state index in [9.17, 15) is 8.78 Å². The fourth-order valence-corrected chi connectivity index (χ4v) is 5.19. The van der Waals surface area contributed by atoms with Crippen LogP contribution >= 0.6 is 11.6 Å². The molecule has 0 spiro atoms. The predicted octanol–water partition coefficient (Wildman–Crippen LogP) is 5.74. The maximum absolute atomic E-state index is 15.0. The summed E-state index contributed by atoms with van der Waals surface area (Å²) < 4.78 is 35.5. The van der Waals surface area contributed by atoms with Gasteiger partial charge in [-0.1, -0.05) is 23.7 Å². The monoisotopic (exact) mass is 498 g/mol. The highest BCUT2D eigenvalue weighted by Crippen LogP contribution is 2.40. The zero-order valence-electron chi connectivity index (χ0n) is 20.0. The van der Waals surface area contributed by atoms with E-state index >= 15 is 0 Å². The molecule has 1 N–H and O–H groups in total. The summed E-state index contributed by atoms with van der Waals surface area (Å²) in [4.78, 5) is 11.1. The molecule has 1 aromatic heterocycles. The Kier molecular flexibility index (Phi) is 6.89. The number of aromatic nitrogens is 2. The Balaban J connectivity index is 1.43. The molecule has 0 bridgehead atoms. The lowest BCUT2D eigenvalue weighted by Gasteiger charge is -2.34. The van der Waals surface area contributed by atoms with Gasteiger partial charge in [-0.05, 0) is 75.0 Å². The van der Waals surface area contributed by atoms with Gasteiger partial charge in [0.1, 0.15) is 18.2 Å². The minimum absolute atomic E-state index is 0.186. The number of anilines is 1. The molecule has 0 saturated carbocycles. The molecule has 0 atom stereocenters. The van der Waals surface area contributed by atoms with Gasteiger partial charge in [0.2, 0.25) is 0 Å². The van der Waals surface area contributed by atoms with Crippen molar-refractivity contribution in [1.29, 1.82) is 0 Å². The number of piperidine rings is 1. The SMILES string of the molecule is CC(C)N1CCOc2c(F)cc(-c3nc(Cc4ccc(C5CCNCC5)c(F)c4)ncc3Cl)cc21. The highest BCUT2D eigenvalue weighted by atomic mass is 35.5. The summed E-state index contributed by atoms with van der Waals surface area (Å²) in [5, 5.41) is 3.64. The molecule has 2 aromatic carbocycles. The van der Waals surface area contributed by atoms with Crippen LogP contribution in [0.25, 0.3) is 11.3 Å². The molecule has 5 rings (SSSR count). The molecule has 8 heteroatoms. The van der Waals surface area contributed by atoms with E-state index in [4.69, 9.17) is 16.3 Å². The number of nitrogens with one attached hydrogen (secondary N) is 1. The van der Waals surface area contributed by atoms with Crippen molar-refractivity contribution < 1.29 is 13.5 Å². The first-order valence-corrected chi connectivity index (χ1v) is 12.5. The molecule has 2 aliphatic heterocycles. The summed E-state index contributed by atoms with van der Waals surface area (Å²) in [5.41, 5.74) is 3.24. The fourth-order valence-electron chi connectivity index (χ4n) is 4.99. The summed E-state index contributed by atoms with van der Waals surface area (Å²) in [6.45, 7) is 7.06. The third-order valence-electron chi connectivity index (χ3n) is 6.81. The highest BCUT2D eigenvalue weighted by molar-refractivity contribution is 6.32. The van der Waals surface area contributed by atoms with Gasteiger partial charge >= 0.3 is 0 Å². The molecular formula is C27H29ClF2N4O. The van der Waals surface area contributed by atoms with E-state index in [0.717, 1.165) is 37.1 Å². The molecule has 35 heavy (non-hydrogen) atoms. The van der Waals surface area contributed by atoms with Gasteiger partial charge < -0.3 is 15.0 Å². The van der Waals surface area contributed by atoms with Crippen LogP contribution in [0.3, 0.4) is 0 Å². The Bertz CT molecular complexity index is 1230. The Morgan fingerprint density at radius 2 is 1.94 bits per heavy atom. The lowest BCUT2D eigenvalue weighted by molar-refractivity contribution is 0.287. The Morgan fingerprint density at radius 1 is 1.14 bits per heavy atom. The maximum atomic E-state index is 15.0. The van der Waals surface area contributed by atoms with Crippen molar-refractivity contribution in [3.63, 3.8) is 0 Å². The molecule has 0 unspecified atom stereocenters. The van der Waals surface area contributed by atoms with Crippen molar-refractivity contribution in [2.45, 2.75) is 45.1 Å². The molecule has 1 fully saturated rings. The van der Waals surface area contributed by atoms with Crippen LogP contribution in [0, 0.1) is 11.6 Å². The Labute approximate surface area is 209 Å². The van der Waals surface area contributed by atoms with Gasteiger partial charge in [-0.3, -0.25) is 0 Å². The van der Waals surface area contributed by atoms with Crippen LogP contribution in [0.2, 0.25) is 5.02 Å². The van der Waals surface area contributed by atoms with Gasteiger partial charge in [0.05, 0.1) is 22.9 Å². The zero-order valence-corrected chi connectivity index (χ0v) is 20.7. The van der Waals surface area contributed by atoms with E-state index in [-0.39, 0.29) is 23.5 Å². The molecular weight excluding hydrogens is 470 g/mol. The van der Waals surface area contributed by atoms with Crippen molar-refractivity contribution in [3.8, 4) is 17.0 Å². The summed E-state index contributed by atoms with van der Waals surface area (Å²) in [6, 6.07) is 8.85. The number of rotatable bonds is 5. The number of hydrogen-bond donors (Lipinski definition) is 1. The van der Waals surface area contributed by atoms with Crippen LogP contribution in [0.1, 0.15) is 49.6 Å². The largest absolute Gasteiger partial charge is 0.486 e.